The van der Waals surface area contributed by atoms with E-state index in [-0.39, 0.29) is 17.6 Å². The van der Waals surface area contributed by atoms with Crippen LogP contribution in [0, 0.1) is 28.4 Å². The summed E-state index contributed by atoms with van der Waals surface area (Å²) in [6, 6.07) is 3.12. The van der Waals surface area contributed by atoms with Gasteiger partial charge < -0.3 is 9.64 Å². The van der Waals surface area contributed by atoms with Gasteiger partial charge in [0, 0.05) is 19.2 Å². The zero-order chi connectivity index (χ0) is 17.2. The summed E-state index contributed by atoms with van der Waals surface area (Å²) in [4.78, 5) is 29.2. The van der Waals surface area contributed by atoms with Gasteiger partial charge in [-0.25, -0.2) is 4.98 Å². The second-order valence-electron chi connectivity index (χ2n) is 6.23. The first-order valence-electron chi connectivity index (χ1n) is 7.86. The highest BCUT2D eigenvalue weighted by Crippen LogP contribution is 2.40. The first kappa shape index (κ1) is 17.2. The Labute approximate surface area is 135 Å². The van der Waals surface area contributed by atoms with Crippen molar-refractivity contribution >= 4 is 17.5 Å². The molecule has 2 rings (SSSR count). The highest BCUT2D eigenvalue weighted by atomic mass is 16.6. The van der Waals surface area contributed by atoms with Crippen molar-refractivity contribution in [2.75, 3.05) is 24.6 Å². The van der Waals surface area contributed by atoms with E-state index in [9.17, 15) is 14.9 Å². The largest absolute Gasteiger partial charge is 0.466 e. The third kappa shape index (κ3) is 3.13. The molecule has 7 heteroatoms. The average Bonchev–Trinajstić information content (AvgIpc) is 2.93. The van der Waals surface area contributed by atoms with Gasteiger partial charge >= 0.3 is 5.97 Å². The number of carbonyl (C=O) groups is 1. The number of aromatic nitrogens is 1. The van der Waals surface area contributed by atoms with Crippen molar-refractivity contribution in [3.8, 4) is 0 Å². The Bertz CT molecular complexity index is 617. The number of aryl methyl sites for hydroxylation is 1. The number of nitrogens with zero attached hydrogens (tertiary/aromatic N) is 3. The lowest BCUT2D eigenvalue weighted by Crippen LogP contribution is -2.40. The van der Waals surface area contributed by atoms with Crippen molar-refractivity contribution < 1.29 is 14.5 Å². The summed E-state index contributed by atoms with van der Waals surface area (Å²) in [5, 5.41) is 10.9. The highest BCUT2D eigenvalue weighted by Gasteiger charge is 2.48. The second kappa shape index (κ2) is 6.52. The van der Waals surface area contributed by atoms with Crippen LogP contribution in [-0.4, -0.2) is 35.6 Å². The van der Waals surface area contributed by atoms with E-state index in [4.69, 9.17) is 4.74 Å². The van der Waals surface area contributed by atoms with Gasteiger partial charge in [-0.3, -0.25) is 14.9 Å². The molecule has 1 aliphatic heterocycles. The molecule has 1 atom stereocenters. The molecule has 0 aromatic carbocycles. The molecule has 2 heterocycles. The molecule has 1 aromatic heterocycles. The van der Waals surface area contributed by atoms with Gasteiger partial charge in [0.15, 0.2) is 0 Å². The third-order valence-electron chi connectivity index (χ3n) is 4.65. The maximum Gasteiger partial charge on any atom is 0.314 e. The number of carbonyl (C=O) groups excluding carboxylic acids is 1. The summed E-state index contributed by atoms with van der Waals surface area (Å²) in [6.07, 6.45) is 0.696. The maximum absolute atomic E-state index is 12.4. The predicted molar refractivity (Wildman–Crippen MR) is 86.4 cm³/mol. The van der Waals surface area contributed by atoms with Crippen molar-refractivity contribution in [2.24, 2.45) is 11.3 Å². The van der Waals surface area contributed by atoms with Gasteiger partial charge in [0.1, 0.15) is 11.5 Å². The fraction of sp³-hybridized carbons (Fsp3) is 0.625. The lowest BCUT2D eigenvalue weighted by Gasteiger charge is -2.31. The number of hydrogen-bond acceptors (Lipinski definition) is 6. The van der Waals surface area contributed by atoms with E-state index >= 15 is 0 Å². The Morgan fingerprint density at radius 3 is 2.74 bits per heavy atom. The molecule has 1 aromatic rings. The van der Waals surface area contributed by atoms with Crippen LogP contribution in [0.2, 0.25) is 0 Å². The van der Waals surface area contributed by atoms with Gasteiger partial charge in [0.2, 0.25) is 0 Å². The molecule has 1 saturated heterocycles. The number of ether oxygens (including phenoxy) is 1. The SMILES string of the molecule is CCOC(=O)C1(C(C)C)CCN(c2ccc([N+](=O)[O-])c(C)n2)C1. The van der Waals surface area contributed by atoms with Gasteiger partial charge in [-0.2, -0.15) is 0 Å². The minimum atomic E-state index is -0.548. The van der Waals surface area contributed by atoms with E-state index in [2.05, 4.69) is 4.98 Å². The highest BCUT2D eigenvalue weighted by molar-refractivity contribution is 5.79. The average molecular weight is 321 g/mol. The van der Waals surface area contributed by atoms with E-state index in [1.165, 1.54) is 6.07 Å². The Hall–Kier alpha value is -2.18. The topological polar surface area (TPSA) is 85.6 Å². The van der Waals surface area contributed by atoms with Gasteiger partial charge in [0.25, 0.3) is 5.69 Å². The summed E-state index contributed by atoms with van der Waals surface area (Å²) in [7, 11) is 0. The van der Waals surface area contributed by atoms with E-state index in [1.54, 1.807) is 19.9 Å². The van der Waals surface area contributed by atoms with Crippen LogP contribution in [0.25, 0.3) is 0 Å². The molecule has 0 spiro atoms. The summed E-state index contributed by atoms with van der Waals surface area (Å²) in [5.74, 6) is 0.641. The molecule has 0 bridgehead atoms. The Morgan fingerprint density at radius 2 is 2.22 bits per heavy atom. The van der Waals surface area contributed by atoms with Crippen molar-refractivity contribution in [1.82, 2.24) is 4.98 Å². The van der Waals surface area contributed by atoms with Crippen LogP contribution in [0.15, 0.2) is 12.1 Å². The minimum absolute atomic E-state index is 0.00784. The molecule has 0 amide bonds. The molecular formula is C16H23N3O4. The zero-order valence-corrected chi connectivity index (χ0v) is 14.0. The molecule has 126 valence electrons. The van der Waals surface area contributed by atoms with Crippen LogP contribution in [0.3, 0.4) is 0 Å². The van der Waals surface area contributed by atoms with Crippen molar-refractivity contribution in [3.63, 3.8) is 0 Å². The maximum atomic E-state index is 12.4. The molecule has 0 aliphatic carbocycles. The zero-order valence-electron chi connectivity index (χ0n) is 14.0. The van der Waals surface area contributed by atoms with Crippen LogP contribution in [-0.2, 0) is 9.53 Å². The third-order valence-corrected chi connectivity index (χ3v) is 4.65. The Kier molecular flexibility index (Phi) is 4.87. The van der Waals surface area contributed by atoms with Gasteiger partial charge in [-0.1, -0.05) is 13.8 Å². The van der Waals surface area contributed by atoms with E-state index in [0.29, 0.717) is 37.6 Å². The number of nitro groups is 1. The number of rotatable bonds is 5. The lowest BCUT2D eigenvalue weighted by atomic mass is 9.76. The molecule has 1 fully saturated rings. The molecule has 0 radical (unpaired) electrons. The first-order chi connectivity index (χ1) is 10.8. The molecule has 0 saturated carbocycles. The Balaban J connectivity index is 2.25. The molecule has 1 aliphatic rings. The predicted octanol–water partition coefficient (Wildman–Crippen LogP) is 2.71. The van der Waals surface area contributed by atoms with Gasteiger partial charge in [0.05, 0.1) is 16.9 Å². The number of pyridine rings is 1. The van der Waals surface area contributed by atoms with Crippen LogP contribution in [0.5, 0.6) is 0 Å². The van der Waals surface area contributed by atoms with E-state index < -0.39 is 10.3 Å². The minimum Gasteiger partial charge on any atom is -0.466 e. The number of esters is 1. The standard InChI is InChI=1S/C16H23N3O4/c1-5-23-15(20)16(11(2)3)8-9-18(10-16)14-7-6-13(19(21)22)12(4)17-14/h6-7,11H,5,8-10H2,1-4H3. The van der Waals surface area contributed by atoms with Crippen LogP contribution in [0.1, 0.15) is 32.9 Å². The molecule has 23 heavy (non-hydrogen) atoms. The quantitative estimate of drug-likeness (QED) is 0.471. The number of anilines is 1. The fourth-order valence-corrected chi connectivity index (χ4v) is 3.09. The summed E-state index contributed by atoms with van der Waals surface area (Å²) >= 11 is 0. The molecule has 7 nitrogen and oxygen atoms in total. The number of hydrogen-bond donors (Lipinski definition) is 0. The second-order valence-corrected chi connectivity index (χ2v) is 6.23. The van der Waals surface area contributed by atoms with Crippen LogP contribution >= 0.6 is 0 Å². The summed E-state index contributed by atoms with van der Waals surface area (Å²) < 4.78 is 5.27. The molecule has 1 unspecified atom stereocenters. The summed E-state index contributed by atoms with van der Waals surface area (Å²) in [6.45, 7) is 9.04. The van der Waals surface area contributed by atoms with E-state index in [0.717, 1.165) is 0 Å². The van der Waals surface area contributed by atoms with Gasteiger partial charge in [-0.05, 0) is 32.3 Å². The molecule has 0 N–H and O–H groups in total. The molecular weight excluding hydrogens is 298 g/mol. The lowest BCUT2D eigenvalue weighted by molar-refractivity contribution is -0.385. The van der Waals surface area contributed by atoms with Crippen LogP contribution in [0.4, 0.5) is 11.5 Å². The normalized spacial score (nSPS) is 20.8. The smallest absolute Gasteiger partial charge is 0.314 e. The Morgan fingerprint density at radius 1 is 1.52 bits per heavy atom. The van der Waals surface area contributed by atoms with Gasteiger partial charge in [-0.15, -0.1) is 0 Å². The van der Waals surface area contributed by atoms with Crippen molar-refractivity contribution in [3.05, 3.63) is 27.9 Å². The van der Waals surface area contributed by atoms with Crippen LogP contribution < -0.4 is 4.90 Å². The monoisotopic (exact) mass is 321 g/mol. The fourth-order valence-electron chi connectivity index (χ4n) is 3.09. The first-order valence-corrected chi connectivity index (χ1v) is 7.86. The van der Waals surface area contributed by atoms with Crippen molar-refractivity contribution in [1.29, 1.82) is 0 Å². The van der Waals surface area contributed by atoms with Crippen molar-refractivity contribution in [2.45, 2.75) is 34.1 Å². The summed E-state index contributed by atoms with van der Waals surface area (Å²) in [5.41, 5.74) is -0.160. The van der Waals surface area contributed by atoms with E-state index in [1.807, 2.05) is 18.7 Å².